The van der Waals surface area contributed by atoms with Crippen LogP contribution >= 0.6 is 0 Å². The Balaban J connectivity index is 1.71. The Morgan fingerprint density at radius 1 is 0.828 bits per heavy atom. The Bertz CT molecular complexity index is 1090. The largest absolute Gasteiger partial charge is 0.284 e. The van der Waals surface area contributed by atoms with Crippen LogP contribution in [0.2, 0.25) is 0 Å². The maximum absolute atomic E-state index is 12.6. The maximum Gasteiger partial charge on any atom is 0.176 e. The highest BCUT2D eigenvalue weighted by atomic mass is 32.2. The first-order valence-electron chi connectivity index (χ1n) is 9.76. The Hall–Kier alpha value is -2.69. The molecule has 1 saturated heterocycles. The number of hydrogen-bond donors (Lipinski definition) is 0. The average molecular weight is 404 g/mol. The number of benzene rings is 3. The minimum atomic E-state index is -3.32. The van der Waals surface area contributed by atoms with Crippen molar-refractivity contribution in [2.24, 2.45) is 0 Å². The quantitative estimate of drug-likeness (QED) is 0.611. The zero-order valence-corrected chi connectivity index (χ0v) is 17.6. The van der Waals surface area contributed by atoms with Crippen LogP contribution in [0.3, 0.4) is 0 Å². The zero-order chi connectivity index (χ0) is 20.4. The lowest BCUT2D eigenvalue weighted by Crippen LogP contribution is -2.44. The summed E-state index contributed by atoms with van der Waals surface area (Å²) in [4.78, 5) is 2.82. The van der Waals surface area contributed by atoms with Gasteiger partial charge in [0, 0.05) is 19.3 Å². The fourth-order valence-corrected chi connectivity index (χ4v) is 5.33. The summed E-state index contributed by atoms with van der Waals surface area (Å²) in [5.41, 5.74) is 5.27. The molecule has 4 heteroatoms. The summed E-state index contributed by atoms with van der Waals surface area (Å²) in [6.07, 6.45) is 1.31. The molecule has 3 aromatic rings. The molecule has 1 fully saturated rings. The van der Waals surface area contributed by atoms with Gasteiger partial charge < -0.3 is 0 Å². The van der Waals surface area contributed by atoms with Gasteiger partial charge in [-0.3, -0.25) is 4.90 Å². The van der Waals surface area contributed by atoms with E-state index in [9.17, 15) is 8.42 Å². The van der Waals surface area contributed by atoms with Gasteiger partial charge in [-0.1, -0.05) is 90.5 Å². The molecule has 148 valence electrons. The van der Waals surface area contributed by atoms with Crippen LogP contribution in [0.15, 0.2) is 90.5 Å². The smallest absolute Gasteiger partial charge is 0.176 e. The number of aryl methyl sites for hydroxylation is 1. The van der Waals surface area contributed by atoms with E-state index in [4.69, 9.17) is 0 Å². The van der Waals surface area contributed by atoms with Crippen molar-refractivity contribution in [2.45, 2.75) is 13.0 Å². The van der Waals surface area contributed by atoms with Crippen LogP contribution in [0.1, 0.15) is 28.3 Å². The van der Waals surface area contributed by atoms with Crippen molar-refractivity contribution >= 4 is 14.7 Å². The molecule has 3 aromatic carbocycles. The van der Waals surface area contributed by atoms with E-state index >= 15 is 0 Å². The van der Waals surface area contributed by atoms with Gasteiger partial charge in [-0.05, 0) is 29.2 Å². The molecule has 1 aliphatic heterocycles. The van der Waals surface area contributed by atoms with Crippen LogP contribution in [0.4, 0.5) is 0 Å². The standard InChI is InChI=1S/C25H25NO2S/c1-19-10-9-15-22(16-19)25(29(2,27)28)23-17-26(18-23)24(20-11-5-3-6-12-20)21-13-7-4-8-14-21/h3-16,24H,17-18H2,1-2H3. The summed E-state index contributed by atoms with van der Waals surface area (Å²) in [5.74, 6) is 0. The first-order chi connectivity index (χ1) is 13.9. The summed E-state index contributed by atoms with van der Waals surface area (Å²) >= 11 is 0. The lowest BCUT2D eigenvalue weighted by Gasteiger charge is -2.42. The number of likely N-dealkylation sites (tertiary alicyclic amines) is 1. The SMILES string of the molecule is Cc1cccc(C(=C2CN(C(c3ccccc3)c3ccccc3)C2)S(C)(=O)=O)c1. The van der Waals surface area contributed by atoms with Crippen molar-refractivity contribution in [2.75, 3.05) is 19.3 Å². The Morgan fingerprint density at radius 3 is 1.86 bits per heavy atom. The van der Waals surface area contributed by atoms with Crippen LogP contribution in [0, 0.1) is 6.92 Å². The fraction of sp³-hybridized carbons (Fsp3) is 0.200. The Labute approximate surface area is 173 Å². The molecule has 29 heavy (non-hydrogen) atoms. The van der Waals surface area contributed by atoms with Gasteiger partial charge in [-0.2, -0.15) is 0 Å². The molecule has 4 rings (SSSR count). The third-order valence-corrected chi connectivity index (χ3v) is 6.62. The van der Waals surface area contributed by atoms with Crippen molar-refractivity contribution in [1.29, 1.82) is 0 Å². The minimum absolute atomic E-state index is 0.111. The van der Waals surface area contributed by atoms with Crippen LogP contribution < -0.4 is 0 Å². The van der Waals surface area contributed by atoms with Gasteiger partial charge in [0.15, 0.2) is 9.84 Å². The molecule has 0 aromatic heterocycles. The molecule has 1 heterocycles. The van der Waals surface area contributed by atoms with Gasteiger partial charge in [0.2, 0.25) is 0 Å². The number of rotatable bonds is 5. The highest BCUT2D eigenvalue weighted by Gasteiger charge is 2.34. The molecule has 0 bridgehead atoms. The lowest BCUT2D eigenvalue weighted by molar-refractivity contribution is 0.203. The second-order valence-electron chi connectivity index (χ2n) is 7.70. The molecule has 0 aliphatic carbocycles. The first kappa shape index (κ1) is 19.6. The predicted octanol–water partition coefficient (Wildman–Crippen LogP) is 4.86. The van der Waals surface area contributed by atoms with E-state index in [1.54, 1.807) is 0 Å². The molecule has 1 aliphatic rings. The second kappa shape index (κ2) is 7.97. The molecule has 0 spiro atoms. The average Bonchev–Trinajstić information content (AvgIpc) is 2.67. The van der Waals surface area contributed by atoms with Crippen molar-refractivity contribution in [3.05, 3.63) is 113 Å². The highest BCUT2D eigenvalue weighted by molar-refractivity contribution is 8.00. The molecule has 0 atom stereocenters. The molecule has 0 radical (unpaired) electrons. The van der Waals surface area contributed by atoms with Gasteiger partial charge >= 0.3 is 0 Å². The van der Waals surface area contributed by atoms with Crippen LogP contribution in [0.25, 0.3) is 4.91 Å². The van der Waals surface area contributed by atoms with Crippen molar-refractivity contribution in [3.63, 3.8) is 0 Å². The summed E-state index contributed by atoms with van der Waals surface area (Å²) in [6, 6.07) is 28.7. The molecule has 0 N–H and O–H groups in total. The van der Waals surface area contributed by atoms with Gasteiger partial charge in [0.25, 0.3) is 0 Å². The van der Waals surface area contributed by atoms with E-state index in [0.29, 0.717) is 18.0 Å². The highest BCUT2D eigenvalue weighted by Crippen LogP contribution is 2.38. The predicted molar refractivity (Wildman–Crippen MR) is 119 cm³/mol. The van der Waals surface area contributed by atoms with Gasteiger partial charge in [0.1, 0.15) is 0 Å². The minimum Gasteiger partial charge on any atom is -0.284 e. The number of nitrogens with zero attached hydrogens (tertiary/aromatic N) is 1. The van der Waals surface area contributed by atoms with E-state index < -0.39 is 9.84 Å². The summed E-state index contributed by atoms with van der Waals surface area (Å²) in [7, 11) is -3.32. The summed E-state index contributed by atoms with van der Waals surface area (Å²) in [6.45, 7) is 3.28. The van der Waals surface area contributed by atoms with Crippen LogP contribution in [-0.2, 0) is 9.84 Å². The van der Waals surface area contributed by atoms with Crippen LogP contribution in [0.5, 0.6) is 0 Å². The fourth-order valence-electron chi connectivity index (χ4n) is 4.12. The Morgan fingerprint density at radius 2 is 1.38 bits per heavy atom. The second-order valence-corrected chi connectivity index (χ2v) is 9.66. The van der Waals surface area contributed by atoms with E-state index in [0.717, 1.165) is 16.7 Å². The van der Waals surface area contributed by atoms with Gasteiger partial charge in [-0.15, -0.1) is 0 Å². The monoisotopic (exact) mass is 403 g/mol. The van der Waals surface area contributed by atoms with Crippen molar-refractivity contribution in [3.8, 4) is 0 Å². The van der Waals surface area contributed by atoms with Gasteiger partial charge in [-0.25, -0.2) is 8.42 Å². The normalized spacial score (nSPS) is 14.7. The summed E-state index contributed by atoms with van der Waals surface area (Å²) < 4.78 is 25.2. The molecule has 0 unspecified atom stereocenters. The van der Waals surface area contributed by atoms with E-state index in [2.05, 4.69) is 53.4 Å². The Kier molecular flexibility index (Phi) is 5.39. The van der Waals surface area contributed by atoms with Crippen LogP contribution in [-0.4, -0.2) is 32.7 Å². The lowest BCUT2D eigenvalue weighted by atomic mass is 9.92. The first-order valence-corrected chi connectivity index (χ1v) is 11.7. The molecular formula is C25H25NO2S. The third-order valence-electron chi connectivity index (χ3n) is 5.36. The maximum atomic E-state index is 12.6. The summed E-state index contributed by atoms with van der Waals surface area (Å²) in [5, 5.41) is 0. The van der Waals surface area contributed by atoms with E-state index in [-0.39, 0.29) is 6.04 Å². The van der Waals surface area contributed by atoms with Gasteiger partial charge in [0.05, 0.1) is 10.9 Å². The number of hydrogen-bond acceptors (Lipinski definition) is 3. The molecule has 0 saturated carbocycles. The molecular weight excluding hydrogens is 378 g/mol. The van der Waals surface area contributed by atoms with Crippen molar-refractivity contribution in [1.82, 2.24) is 4.90 Å². The topological polar surface area (TPSA) is 37.4 Å². The van der Waals surface area contributed by atoms with E-state index in [1.165, 1.54) is 17.4 Å². The molecule has 0 amide bonds. The number of sulfone groups is 1. The van der Waals surface area contributed by atoms with E-state index in [1.807, 2.05) is 43.3 Å². The third kappa shape index (κ3) is 4.19. The van der Waals surface area contributed by atoms with Crippen molar-refractivity contribution < 1.29 is 8.42 Å². The zero-order valence-electron chi connectivity index (χ0n) is 16.7. The molecule has 3 nitrogen and oxygen atoms in total.